The van der Waals surface area contributed by atoms with E-state index in [0.717, 1.165) is 83.5 Å². The van der Waals surface area contributed by atoms with Gasteiger partial charge in [-0.05, 0) is 57.8 Å². The summed E-state index contributed by atoms with van der Waals surface area (Å²) in [6.07, 6.45) is 45.9. The van der Waals surface area contributed by atoms with Gasteiger partial charge >= 0.3 is 5.97 Å². The molecule has 0 aliphatic carbocycles. The first-order chi connectivity index (χ1) is 25.0. The van der Waals surface area contributed by atoms with E-state index in [1.807, 2.05) is 6.08 Å². The van der Waals surface area contributed by atoms with Gasteiger partial charge in [-0.2, -0.15) is 0 Å². The topological polar surface area (TPSA) is 95.9 Å². The van der Waals surface area contributed by atoms with Crippen molar-refractivity contribution in [3.8, 4) is 0 Å². The van der Waals surface area contributed by atoms with Crippen LogP contribution >= 0.6 is 0 Å². The van der Waals surface area contributed by atoms with Crippen LogP contribution in [0.4, 0.5) is 0 Å². The zero-order valence-electron chi connectivity index (χ0n) is 33.8. The van der Waals surface area contributed by atoms with Crippen LogP contribution < -0.4 is 5.32 Å². The van der Waals surface area contributed by atoms with E-state index in [0.29, 0.717) is 19.4 Å². The van der Waals surface area contributed by atoms with Crippen LogP contribution in [-0.4, -0.2) is 47.4 Å². The van der Waals surface area contributed by atoms with E-state index in [-0.39, 0.29) is 18.5 Å². The summed E-state index contributed by atoms with van der Waals surface area (Å²) in [6, 6.07) is -0.646. The number of amides is 1. The Bertz CT molecular complexity index is 797. The molecule has 0 bridgehead atoms. The molecule has 0 aromatic rings. The molecule has 2 atom stereocenters. The summed E-state index contributed by atoms with van der Waals surface area (Å²) in [5.41, 5.74) is 0. The Balaban J connectivity index is 3.56. The average Bonchev–Trinajstić information content (AvgIpc) is 3.13. The van der Waals surface area contributed by atoms with Gasteiger partial charge in [0.2, 0.25) is 5.91 Å². The van der Waals surface area contributed by atoms with Crippen molar-refractivity contribution in [3.05, 3.63) is 24.3 Å². The monoisotopic (exact) mass is 720 g/mol. The summed E-state index contributed by atoms with van der Waals surface area (Å²) in [7, 11) is 0. The molecule has 0 radical (unpaired) electrons. The van der Waals surface area contributed by atoms with Gasteiger partial charge in [-0.1, -0.05) is 179 Å². The highest BCUT2D eigenvalue weighted by Gasteiger charge is 2.18. The van der Waals surface area contributed by atoms with Gasteiger partial charge < -0.3 is 20.3 Å². The summed E-state index contributed by atoms with van der Waals surface area (Å²) in [4.78, 5) is 24.3. The quantitative estimate of drug-likeness (QED) is 0.0333. The predicted molar refractivity (Wildman–Crippen MR) is 218 cm³/mol. The number of unbranched alkanes of at least 4 members (excludes halogenated alkanes) is 27. The molecule has 0 aliphatic rings. The van der Waals surface area contributed by atoms with Gasteiger partial charge in [0.05, 0.1) is 25.4 Å². The zero-order valence-corrected chi connectivity index (χ0v) is 33.8. The van der Waals surface area contributed by atoms with Gasteiger partial charge in [-0.25, -0.2) is 0 Å². The largest absolute Gasteiger partial charge is 0.466 e. The summed E-state index contributed by atoms with van der Waals surface area (Å²) in [5, 5.41) is 22.9. The normalized spacial score (nSPS) is 12.9. The molecule has 0 fully saturated rings. The summed E-state index contributed by atoms with van der Waals surface area (Å²) in [6.45, 7) is 4.79. The van der Waals surface area contributed by atoms with Gasteiger partial charge in [-0.3, -0.25) is 9.59 Å². The number of hydrogen-bond acceptors (Lipinski definition) is 5. The molecule has 0 aromatic heterocycles. The highest BCUT2D eigenvalue weighted by Crippen LogP contribution is 2.14. The number of aliphatic hydroxyl groups excluding tert-OH is 2. The first kappa shape index (κ1) is 49.3. The molecule has 0 saturated heterocycles. The Morgan fingerprint density at radius 2 is 0.922 bits per heavy atom. The highest BCUT2D eigenvalue weighted by molar-refractivity contribution is 5.76. The van der Waals surface area contributed by atoms with Gasteiger partial charge in [0.1, 0.15) is 0 Å². The van der Waals surface area contributed by atoms with E-state index >= 15 is 0 Å². The van der Waals surface area contributed by atoms with Crippen molar-refractivity contribution in [1.82, 2.24) is 5.32 Å². The fourth-order valence-corrected chi connectivity index (χ4v) is 6.51. The number of nitrogens with one attached hydrogen (secondary N) is 1. The van der Waals surface area contributed by atoms with Gasteiger partial charge in [-0.15, -0.1) is 0 Å². The predicted octanol–water partition coefficient (Wildman–Crippen LogP) is 12.4. The van der Waals surface area contributed by atoms with Crippen molar-refractivity contribution in [2.45, 2.75) is 238 Å². The fourth-order valence-electron chi connectivity index (χ4n) is 6.51. The number of carbonyl (C=O) groups excluding carboxylic acids is 2. The number of carbonyl (C=O) groups is 2. The maximum absolute atomic E-state index is 12.3. The second-order valence-corrected chi connectivity index (χ2v) is 15.0. The van der Waals surface area contributed by atoms with E-state index in [4.69, 9.17) is 4.74 Å². The second-order valence-electron chi connectivity index (χ2n) is 15.0. The lowest BCUT2D eigenvalue weighted by Gasteiger charge is -2.20. The van der Waals surface area contributed by atoms with E-state index < -0.39 is 12.1 Å². The van der Waals surface area contributed by atoms with Crippen molar-refractivity contribution in [2.24, 2.45) is 0 Å². The minimum atomic E-state index is -0.859. The first-order valence-electron chi connectivity index (χ1n) is 22.1. The molecule has 300 valence electrons. The standard InChI is InChI=1S/C45H85NO5/c1-3-5-7-9-11-13-15-19-23-27-31-35-39-45(50)51-40-36-32-28-24-20-16-18-22-26-30-34-38-44(49)46-42(41-47)43(48)37-33-29-25-21-17-14-12-10-8-6-4-2/h20,24,33,37,42-43,47-48H,3-19,21-23,25-32,34-36,38-41H2,1-2H3,(H,46,49)/b24-20-,37-33+. The molecule has 0 aromatic carbocycles. The Morgan fingerprint density at radius 1 is 0.529 bits per heavy atom. The number of ether oxygens (including phenoxy) is 1. The molecular weight excluding hydrogens is 634 g/mol. The Labute approximate surface area is 316 Å². The molecule has 6 heteroatoms. The van der Waals surface area contributed by atoms with Gasteiger partial charge in [0.15, 0.2) is 0 Å². The van der Waals surface area contributed by atoms with E-state index in [1.165, 1.54) is 116 Å². The number of allylic oxidation sites excluding steroid dienone is 3. The van der Waals surface area contributed by atoms with Crippen LogP contribution in [0.5, 0.6) is 0 Å². The van der Waals surface area contributed by atoms with Crippen molar-refractivity contribution < 1.29 is 24.5 Å². The van der Waals surface area contributed by atoms with Crippen LogP contribution in [0, 0.1) is 0 Å². The molecule has 0 saturated carbocycles. The molecule has 51 heavy (non-hydrogen) atoms. The maximum atomic E-state index is 12.3. The van der Waals surface area contributed by atoms with Crippen LogP contribution in [0.3, 0.4) is 0 Å². The molecule has 0 spiro atoms. The van der Waals surface area contributed by atoms with Crippen LogP contribution in [0.2, 0.25) is 0 Å². The molecule has 0 rings (SSSR count). The van der Waals surface area contributed by atoms with E-state index in [1.54, 1.807) is 6.08 Å². The van der Waals surface area contributed by atoms with Crippen molar-refractivity contribution in [1.29, 1.82) is 0 Å². The lowest BCUT2D eigenvalue weighted by molar-refractivity contribution is -0.143. The summed E-state index contributed by atoms with van der Waals surface area (Å²) < 4.78 is 5.41. The molecule has 1 amide bonds. The number of rotatable bonds is 40. The lowest BCUT2D eigenvalue weighted by atomic mass is 10.0. The van der Waals surface area contributed by atoms with Crippen molar-refractivity contribution >= 4 is 11.9 Å². The molecule has 3 N–H and O–H groups in total. The minimum absolute atomic E-state index is 0.0335. The van der Waals surface area contributed by atoms with Crippen LogP contribution in [-0.2, 0) is 14.3 Å². The Morgan fingerprint density at radius 3 is 1.39 bits per heavy atom. The smallest absolute Gasteiger partial charge is 0.305 e. The molecular formula is C45H85NO5. The van der Waals surface area contributed by atoms with Crippen LogP contribution in [0.25, 0.3) is 0 Å². The SMILES string of the molecule is CCCCCCCCCCC/C=C/C(O)C(CO)NC(=O)CCCCCCC/C=C\CCCCOC(=O)CCCCCCCCCCCCCC. The first-order valence-corrected chi connectivity index (χ1v) is 22.1. The summed E-state index contributed by atoms with van der Waals surface area (Å²) >= 11 is 0. The lowest BCUT2D eigenvalue weighted by Crippen LogP contribution is -2.45. The third-order valence-electron chi connectivity index (χ3n) is 9.97. The van der Waals surface area contributed by atoms with Crippen molar-refractivity contribution in [3.63, 3.8) is 0 Å². The summed E-state index contributed by atoms with van der Waals surface area (Å²) in [5.74, 6) is -0.133. The van der Waals surface area contributed by atoms with Gasteiger partial charge in [0, 0.05) is 12.8 Å². The van der Waals surface area contributed by atoms with Gasteiger partial charge in [0.25, 0.3) is 0 Å². The van der Waals surface area contributed by atoms with Crippen LogP contribution in [0.15, 0.2) is 24.3 Å². The average molecular weight is 720 g/mol. The third kappa shape index (κ3) is 37.9. The number of aliphatic hydroxyl groups is 2. The maximum Gasteiger partial charge on any atom is 0.305 e. The number of esters is 1. The molecule has 0 heterocycles. The molecule has 6 nitrogen and oxygen atoms in total. The Hall–Kier alpha value is -1.66. The minimum Gasteiger partial charge on any atom is -0.466 e. The molecule has 0 aliphatic heterocycles. The Kier molecular flexibility index (Phi) is 39.8. The van der Waals surface area contributed by atoms with E-state index in [2.05, 4.69) is 31.3 Å². The fraction of sp³-hybridized carbons (Fsp3) is 0.867. The number of hydrogen-bond donors (Lipinski definition) is 3. The van der Waals surface area contributed by atoms with E-state index in [9.17, 15) is 19.8 Å². The van der Waals surface area contributed by atoms with Crippen LogP contribution in [0.1, 0.15) is 226 Å². The highest BCUT2D eigenvalue weighted by atomic mass is 16.5. The third-order valence-corrected chi connectivity index (χ3v) is 9.97. The second kappa shape index (κ2) is 41.1. The zero-order chi connectivity index (χ0) is 37.3. The van der Waals surface area contributed by atoms with Crippen molar-refractivity contribution in [2.75, 3.05) is 13.2 Å². The molecule has 2 unspecified atom stereocenters.